The lowest BCUT2D eigenvalue weighted by Crippen LogP contribution is -2.40. The van der Waals surface area contributed by atoms with Crippen molar-refractivity contribution in [2.24, 2.45) is 0 Å². The molecule has 1 aromatic rings. The van der Waals surface area contributed by atoms with E-state index in [-0.39, 0.29) is 0 Å². The number of benzene rings is 1. The Bertz CT molecular complexity index is 1030. The Labute approximate surface area is 205 Å². The lowest BCUT2D eigenvalue weighted by molar-refractivity contribution is -0.138. The van der Waals surface area contributed by atoms with Crippen molar-refractivity contribution in [1.29, 1.82) is 0 Å². The van der Waals surface area contributed by atoms with E-state index in [1.54, 1.807) is 0 Å². The van der Waals surface area contributed by atoms with E-state index in [1.807, 2.05) is 0 Å². The van der Waals surface area contributed by atoms with Gasteiger partial charge in [0, 0.05) is 32.9 Å². The highest BCUT2D eigenvalue weighted by Gasteiger charge is 2.28. The van der Waals surface area contributed by atoms with Gasteiger partial charge >= 0.3 is 23.9 Å². The quantitative estimate of drug-likeness (QED) is 0.237. The van der Waals surface area contributed by atoms with E-state index >= 15 is 0 Å². The smallest absolute Gasteiger partial charge is 0.343 e. The molecule has 0 bridgehead atoms. The van der Waals surface area contributed by atoms with E-state index in [9.17, 15) is 38.7 Å². The second-order valence-electron chi connectivity index (χ2n) is 7.63. The molecule has 1 rings (SSSR count). The average molecular weight is 509 g/mol. The van der Waals surface area contributed by atoms with Gasteiger partial charge in [-0.2, -0.15) is 0 Å². The van der Waals surface area contributed by atoms with Crippen LogP contribution in [0.3, 0.4) is 0 Å². The van der Waals surface area contributed by atoms with Crippen molar-refractivity contribution in [2.45, 2.75) is 59.7 Å². The van der Waals surface area contributed by atoms with Gasteiger partial charge < -0.3 is 35.3 Å². The van der Waals surface area contributed by atoms with Gasteiger partial charge in [-0.15, -0.1) is 0 Å². The molecule has 14 heteroatoms. The van der Waals surface area contributed by atoms with Crippen LogP contribution in [0.5, 0.6) is 17.2 Å². The van der Waals surface area contributed by atoms with Crippen LogP contribution in [-0.4, -0.2) is 64.8 Å². The van der Waals surface area contributed by atoms with E-state index in [1.165, 1.54) is 27.7 Å². The van der Waals surface area contributed by atoms with Gasteiger partial charge in [-0.05, 0) is 20.8 Å². The van der Waals surface area contributed by atoms with Crippen molar-refractivity contribution in [3.05, 3.63) is 17.7 Å². The summed E-state index contributed by atoms with van der Waals surface area (Å²) in [5, 5.41) is 16.5. The number of rotatable bonds is 10. The van der Waals surface area contributed by atoms with E-state index in [0.29, 0.717) is 0 Å². The average Bonchev–Trinajstić information content (AvgIpc) is 2.71. The first-order chi connectivity index (χ1) is 16.6. The monoisotopic (exact) mass is 509 g/mol. The van der Waals surface area contributed by atoms with Crippen LogP contribution in [0.15, 0.2) is 12.1 Å². The fourth-order valence-corrected chi connectivity index (χ4v) is 2.69. The minimum atomic E-state index is -1.68. The summed E-state index contributed by atoms with van der Waals surface area (Å²) in [5.41, 5.74) is -0.781. The first kappa shape index (κ1) is 29.5. The third-order valence-corrected chi connectivity index (χ3v) is 4.21. The second-order valence-corrected chi connectivity index (χ2v) is 7.63. The molecule has 0 spiro atoms. The minimum Gasteiger partial charge on any atom is -0.477 e. The molecule has 0 saturated carbocycles. The maximum Gasteiger partial charge on any atom is 0.343 e. The number of nitrogens with one attached hydrogen (secondary N) is 3. The van der Waals surface area contributed by atoms with Gasteiger partial charge in [0.1, 0.15) is 29.4 Å². The predicted octanol–water partition coefficient (Wildman–Crippen LogP) is -0.325. The third kappa shape index (κ3) is 9.04. The number of carbonyl (C=O) groups is 7. The molecular weight excluding hydrogens is 482 g/mol. The first-order valence-corrected chi connectivity index (χ1v) is 10.5. The molecule has 14 nitrogen and oxygen atoms in total. The van der Waals surface area contributed by atoms with Gasteiger partial charge in [-0.1, -0.05) is 0 Å². The minimum absolute atomic E-state index is 0.396. The molecule has 0 aliphatic carbocycles. The van der Waals surface area contributed by atoms with Crippen molar-refractivity contribution < 1.29 is 52.9 Å². The maximum atomic E-state index is 12.4. The van der Waals surface area contributed by atoms with Crippen LogP contribution in [0.1, 0.15) is 51.9 Å². The highest BCUT2D eigenvalue weighted by molar-refractivity contribution is 5.98. The number of esters is 3. The van der Waals surface area contributed by atoms with Crippen LogP contribution in [0, 0.1) is 0 Å². The van der Waals surface area contributed by atoms with Crippen molar-refractivity contribution in [2.75, 3.05) is 0 Å². The molecule has 0 saturated heterocycles. The molecule has 3 atom stereocenters. The first-order valence-electron chi connectivity index (χ1n) is 10.5. The Morgan fingerprint density at radius 2 is 0.944 bits per heavy atom. The van der Waals surface area contributed by atoms with Crippen LogP contribution in [0.2, 0.25) is 0 Å². The molecule has 196 valence electrons. The van der Waals surface area contributed by atoms with Crippen molar-refractivity contribution in [1.82, 2.24) is 16.0 Å². The molecule has 1 aromatic carbocycles. The van der Waals surface area contributed by atoms with E-state index in [2.05, 4.69) is 16.0 Å². The molecule has 4 N–H and O–H groups in total. The molecule has 3 unspecified atom stereocenters. The van der Waals surface area contributed by atoms with Crippen molar-refractivity contribution in [3.63, 3.8) is 0 Å². The molecule has 0 aliphatic rings. The number of ether oxygens (including phenoxy) is 3. The van der Waals surface area contributed by atoms with Gasteiger partial charge in [0.15, 0.2) is 11.5 Å². The Morgan fingerprint density at radius 1 is 0.639 bits per heavy atom. The molecule has 0 fully saturated rings. The van der Waals surface area contributed by atoms with Gasteiger partial charge in [-0.3, -0.25) is 14.4 Å². The summed E-state index contributed by atoms with van der Waals surface area (Å²) in [6, 6.07) is -1.73. The Hall–Kier alpha value is -4.49. The zero-order valence-electron chi connectivity index (χ0n) is 20.4. The van der Waals surface area contributed by atoms with E-state index < -0.39 is 82.5 Å². The van der Waals surface area contributed by atoms with Gasteiger partial charge in [-0.25, -0.2) is 19.2 Å². The van der Waals surface area contributed by atoms with E-state index in [4.69, 9.17) is 14.2 Å². The summed E-state index contributed by atoms with van der Waals surface area (Å²) in [6.45, 7) is 7.35. The number of hydrogen-bond acceptors (Lipinski definition) is 10. The molecule has 3 amide bonds. The Morgan fingerprint density at radius 3 is 1.22 bits per heavy atom. The zero-order chi connectivity index (χ0) is 27.7. The van der Waals surface area contributed by atoms with Crippen LogP contribution in [-0.2, 0) is 28.8 Å². The highest BCUT2D eigenvalue weighted by Crippen LogP contribution is 2.35. The fourth-order valence-electron chi connectivity index (χ4n) is 2.69. The van der Waals surface area contributed by atoms with Gasteiger partial charge in [0.05, 0.1) is 0 Å². The van der Waals surface area contributed by atoms with Crippen LogP contribution >= 0.6 is 0 Å². The molecule has 0 heterocycles. The summed E-state index contributed by atoms with van der Waals surface area (Å²) < 4.78 is 15.4. The standard InChI is InChI=1S/C22H27N3O11/c1-9(23-12(4)26)20(31)34-15-7-16(35-21(32)10(2)24-13(5)27)18(19(29)30)17(8-15)36-22(33)11(3)25-14(6)28/h7-11H,1-6H3,(H,23,26)(H,24,27)(H,25,28)(H,29,30). The van der Waals surface area contributed by atoms with Crippen LogP contribution in [0.25, 0.3) is 0 Å². The normalized spacial score (nSPS) is 12.7. The van der Waals surface area contributed by atoms with E-state index in [0.717, 1.165) is 26.0 Å². The number of amides is 3. The number of carboxylic acids is 1. The summed E-state index contributed by atoms with van der Waals surface area (Å²) in [4.78, 5) is 82.8. The highest BCUT2D eigenvalue weighted by atomic mass is 16.6. The van der Waals surface area contributed by atoms with Gasteiger partial charge in [0.25, 0.3) is 0 Å². The maximum absolute atomic E-state index is 12.4. The molecular formula is C22H27N3O11. The summed E-state index contributed by atoms with van der Waals surface area (Å²) in [7, 11) is 0. The SMILES string of the molecule is CC(=O)NC(C)C(=O)Oc1cc(OC(=O)C(C)NC(C)=O)c(C(=O)O)c(OC(=O)C(C)NC(C)=O)c1. The topological polar surface area (TPSA) is 203 Å². The number of hydrogen-bond donors (Lipinski definition) is 4. The molecule has 0 aromatic heterocycles. The summed E-state index contributed by atoms with van der Waals surface area (Å²) in [6.07, 6.45) is 0. The molecule has 0 radical (unpaired) electrons. The van der Waals surface area contributed by atoms with Crippen LogP contribution in [0.4, 0.5) is 0 Å². The van der Waals surface area contributed by atoms with Gasteiger partial charge in [0.2, 0.25) is 17.7 Å². The van der Waals surface area contributed by atoms with Crippen LogP contribution < -0.4 is 30.2 Å². The second kappa shape index (κ2) is 12.8. The largest absolute Gasteiger partial charge is 0.477 e. The number of carbonyl (C=O) groups excluding carboxylic acids is 6. The van der Waals surface area contributed by atoms with Crippen molar-refractivity contribution in [3.8, 4) is 17.2 Å². The number of aromatic carboxylic acids is 1. The summed E-state index contributed by atoms with van der Waals surface area (Å²) in [5.74, 6) is -8.18. The lowest BCUT2D eigenvalue weighted by Gasteiger charge is -2.18. The predicted molar refractivity (Wildman–Crippen MR) is 120 cm³/mol. The van der Waals surface area contributed by atoms with Crippen molar-refractivity contribution >= 4 is 41.6 Å². The zero-order valence-corrected chi connectivity index (χ0v) is 20.4. The third-order valence-electron chi connectivity index (χ3n) is 4.21. The Kier molecular flexibility index (Phi) is 10.5. The number of carboxylic acid groups (broad SMARTS) is 1. The summed E-state index contributed by atoms with van der Waals surface area (Å²) >= 11 is 0. The Balaban J connectivity index is 3.50. The molecule has 36 heavy (non-hydrogen) atoms. The fraction of sp³-hybridized carbons (Fsp3) is 0.409. The molecule has 0 aliphatic heterocycles. The lowest BCUT2D eigenvalue weighted by atomic mass is 10.1.